The molecule has 0 aromatic heterocycles. The summed E-state index contributed by atoms with van der Waals surface area (Å²) in [7, 11) is -4.03. The number of anilines is 2. The second-order valence-electron chi connectivity index (χ2n) is 3.88. The zero-order valence-corrected chi connectivity index (χ0v) is 13.1. The predicted octanol–water partition coefficient (Wildman–Crippen LogP) is 3.62. The molecular formula is C12H9BrClFN2O2S. The molecule has 2 rings (SSSR count). The van der Waals surface area contributed by atoms with E-state index in [0.29, 0.717) is 4.47 Å². The normalized spacial score (nSPS) is 11.3. The molecule has 0 atom stereocenters. The first kappa shape index (κ1) is 15.1. The largest absolute Gasteiger partial charge is 0.395 e. The molecule has 0 saturated carbocycles. The van der Waals surface area contributed by atoms with E-state index in [1.54, 1.807) is 6.07 Å². The van der Waals surface area contributed by atoms with Crippen LogP contribution in [0.2, 0.25) is 5.02 Å². The summed E-state index contributed by atoms with van der Waals surface area (Å²) in [4.78, 5) is -0.339. The van der Waals surface area contributed by atoms with Gasteiger partial charge in [-0.25, -0.2) is 12.8 Å². The van der Waals surface area contributed by atoms with Crippen LogP contribution in [0.4, 0.5) is 15.8 Å². The molecule has 0 unspecified atom stereocenters. The molecule has 0 spiro atoms. The second kappa shape index (κ2) is 5.59. The minimum atomic E-state index is -4.03. The first-order valence-electron chi connectivity index (χ1n) is 5.33. The van der Waals surface area contributed by atoms with Crippen molar-refractivity contribution in [3.05, 3.63) is 51.7 Å². The van der Waals surface area contributed by atoms with Crippen LogP contribution in [0.15, 0.2) is 45.8 Å². The van der Waals surface area contributed by atoms with Crippen molar-refractivity contribution in [2.24, 2.45) is 0 Å². The highest BCUT2D eigenvalue weighted by Crippen LogP contribution is 2.29. The number of halogens is 3. The Hall–Kier alpha value is -1.31. The van der Waals surface area contributed by atoms with Crippen molar-refractivity contribution >= 4 is 48.9 Å². The van der Waals surface area contributed by atoms with Crippen LogP contribution >= 0.6 is 27.5 Å². The number of para-hydroxylation sites is 1. The number of benzene rings is 2. The molecule has 106 valence electrons. The van der Waals surface area contributed by atoms with Gasteiger partial charge in [-0.15, -0.1) is 0 Å². The monoisotopic (exact) mass is 378 g/mol. The molecule has 3 N–H and O–H groups in total. The third-order valence-corrected chi connectivity index (χ3v) is 4.72. The van der Waals surface area contributed by atoms with Gasteiger partial charge in [-0.05, 0) is 30.3 Å². The first-order valence-corrected chi connectivity index (χ1v) is 7.98. The average molecular weight is 380 g/mol. The zero-order chi connectivity index (χ0) is 14.9. The highest BCUT2D eigenvalue weighted by atomic mass is 79.9. The van der Waals surface area contributed by atoms with E-state index in [2.05, 4.69) is 20.7 Å². The molecular weight excluding hydrogens is 371 g/mol. The Balaban J connectivity index is 2.46. The van der Waals surface area contributed by atoms with Gasteiger partial charge in [0.2, 0.25) is 0 Å². The molecule has 2 aromatic rings. The Kier molecular flexibility index (Phi) is 4.22. The van der Waals surface area contributed by atoms with Gasteiger partial charge in [-0.3, -0.25) is 4.72 Å². The lowest BCUT2D eigenvalue weighted by Gasteiger charge is -2.12. The van der Waals surface area contributed by atoms with Crippen molar-refractivity contribution in [2.45, 2.75) is 4.90 Å². The Morgan fingerprint density at radius 1 is 1.25 bits per heavy atom. The van der Waals surface area contributed by atoms with Crippen LogP contribution in [0.5, 0.6) is 0 Å². The van der Waals surface area contributed by atoms with Crippen molar-refractivity contribution < 1.29 is 12.8 Å². The van der Waals surface area contributed by atoms with Crippen LogP contribution in [-0.4, -0.2) is 8.42 Å². The van der Waals surface area contributed by atoms with Gasteiger partial charge in [0, 0.05) is 4.47 Å². The quantitative estimate of drug-likeness (QED) is 0.800. The molecule has 0 saturated heterocycles. The fourth-order valence-corrected chi connectivity index (χ4v) is 3.32. The number of sulfonamides is 1. The summed E-state index contributed by atoms with van der Waals surface area (Å²) in [6, 6.07) is 8.25. The van der Waals surface area contributed by atoms with Crippen LogP contribution in [0.1, 0.15) is 0 Å². The maximum absolute atomic E-state index is 13.3. The number of rotatable bonds is 3. The third kappa shape index (κ3) is 3.05. The van der Waals surface area contributed by atoms with Crippen LogP contribution in [-0.2, 0) is 10.0 Å². The first-order chi connectivity index (χ1) is 9.31. The standard InChI is InChI=1S/C12H9BrClFN2O2S/c13-7-4-5-8(14)10(6-7)17-20(18,19)11-3-1-2-9(15)12(11)16/h1-6,17H,16H2. The van der Waals surface area contributed by atoms with E-state index < -0.39 is 21.5 Å². The molecule has 0 radical (unpaired) electrons. The van der Waals surface area contributed by atoms with Gasteiger partial charge in [-0.1, -0.05) is 33.6 Å². The SMILES string of the molecule is Nc1c(F)cccc1S(=O)(=O)Nc1cc(Br)ccc1Cl. The lowest BCUT2D eigenvalue weighted by molar-refractivity contribution is 0.597. The maximum atomic E-state index is 13.3. The van der Waals surface area contributed by atoms with Gasteiger partial charge in [0.25, 0.3) is 10.0 Å². The number of hydrogen-bond donors (Lipinski definition) is 2. The second-order valence-corrected chi connectivity index (χ2v) is 6.86. The third-order valence-electron chi connectivity index (χ3n) is 2.48. The molecule has 20 heavy (non-hydrogen) atoms. The highest BCUT2D eigenvalue weighted by molar-refractivity contribution is 9.10. The van der Waals surface area contributed by atoms with Crippen LogP contribution < -0.4 is 10.5 Å². The number of nitrogens with one attached hydrogen (secondary N) is 1. The zero-order valence-electron chi connectivity index (χ0n) is 9.90. The summed E-state index contributed by atoms with van der Waals surface area (Å²) in [5.74, 6) is -0.798. The van der Waals surface area contributed by atoms with Gasteiger partial charge in [-0.2, -0.15) is 0 Å². The molecule has 0 heterocycles. The lowest BCUT2D eigenvalue weighted by Crippen LogP contribution is -2.15. The van der Waals surface area contributed by atoms with E-state index in [1.807, 2.05) is 0 Å². The Bertz CT molecular complexity index is 768. The Labute approximate surface area is 128 Å². The summed E-state index contributed by atoms with van der Waals surface area (Å²) in [5.41, 5.74) is 5.19. The van der Waals surface area contributed by atoms with Gasteiger partial charge in [0.05, 0.1) is 16.4 Å². The van der Waals surface area contributed by atoms with E-state index >= 15 is 0 Å². The van der Waals surface area contributed by atoms with Crippen molar-refractivity contribution in [3.8, 4) is 0 Å². The molecule has 2 aromatic carbocycles. The van der Waals surface area contributed by atoms with Gasteiger partial charge in [0.1, 0.15) is 10.7 Å². The lowest BCUT2D eigenvalue weighted by atomic mass is 10.3. The smallest absolute Gasteiger partial charge is 0.264 e. The summed E-state index contributed by atoms with van der Waals surface area (Å²) in [6.07, 6.45) is 0. The summed E-state index contributed by atoms with van der Waals surface area (Å²) >= 11 is 9.12. The van der Waals surface area contributed by atoms with Crippen LogP contribution in [0, 0.1) is 5.82 Å². The molecule has 0 amide bonds. The van der Waals surface area contributed by atoms with Gasteiger partial charge < -0.3 is 5.73 Å². The highest BCUT2D eigenvalue weighted by Gasteiger charge is 2.20. The number of nitrogen functional groups attached to an aromatic ring is 1. The molecule has 0 aliphatic carbocycles. The predicted molar refractivity (Wildman–Crippen MR) is 80.8 cm³/mol. The molecule has 0 aliphatic heterocycles. The van der Waals surface area contributed by atoms with Crippen molar-refractivity contribution in [2.75, 3.05) is 10.5 Å². The topological polar surface area (TPSA) is 72.2 Å². The van der Waals surface area contributed by atoms with Crippen LogP contribution in [0.25, 0.3) is 0 Å². The Morgan fingerprint density at radius 3 is 2.65 bits per heavy atom. The number of hydrogen-bond acceptors (Lipinski definition) is 3. The van der Waals surface area contributed by atoms with E-state index in [4.69, 9.17) is 17.3 Å². The van der Waals surface area contributed by atoms with Crippen molar-refractivity contribution in [1.29, 1.82) is 0 Å². The summed E-state index contributed by atoms with van der Waals surface area (Å²) in [5, 5.41) is 0.215. The molecule has 0 bridgehead atoms. The molecule has 0 fully saturated rings. The fourth-order valence-electron chi connectivity index (χ4n) is 1.53. The van der Waals surface area contributed by atoms with E-state index in [-0.39, 0.29) is 15.6 Å². The molecule has 8 heteroatoms. The minimum Gasteiger partial charge on any atom is -0.395 e. The minimum absolute atomic E-state index is 0.171. The molecule has 4 nitrogen and oxygen atoms in total. The number of nitrogens with two attached hydrogens (primary N) is 1. The van der Waals surface area contributed by atoms with E-state index in [1.165, 1.54) is 24.3 Å². The van der Waals surface area contributed by atoms with Crippen molar-refractivity contribution in [3.63, 3.8) is 0 Å². The van der Waals surface area contributed by atoms with E-state index in [0.717, 1.165) is 6.07 Å². The Morgan fingerprint density at radius 2 is 1.95 bits per heavy atom. The molecule has 0 aliphatic rings. The van der Waals surface area contributed by atoms with Gasteiger partial charge in [0.15, 0.2) is 0 Å². The van der Waals surface area contributed by atoms with Crippen molar-refractivity contribution in [1.82, 2.24) is 0 Å². The average Bonchev–Trinajstić information content (AvgIpc) is 2.36. The maximum Gasteiger partial charge on any atom is 0.264 e. The summed E-state index contributed by atoms with van der Waals surface area (Å²) in [6.45, 7) is 0. The van der Waals surface area contributed by atoms with Gasteiger partial charge >= 0.3 is 0 Å². The fraction of sp³-hybridized carbons (Fsp3) is 0. The summed E-state index contributed by atoms with van der Waals surface area (Å²) < 4.78 is 40.7. The van der Waals surface area contributed by atoms with E-state index in [9.17, 15) is 12.8 Å². The van der Waals surface area contributed by atoms with Crippen LogP contribution in [0.3, 0.4) is 0 Å².